The molecule has 1 rings (SSSR count). The van der Waals surface area contributed by atoms with Crippen LogP contribution in [0.15, 0.2) is 12.1 Å². The lowest BCUT2D eigenvalue weighted by atomic mass is 9.94. The van der Waals surface area contributed by atoms with E-state index in [1.54, 1.807) is 0 Å². The molecule has 0 amide bonds. The summed E-state index contributed by atoms with van der Waals surface area (Å²) < 4.78 is 0. The van der Waals surface area contributed by atoms with E-state index in [-0.39, 0.29) is 5.41 Å². The minimum absolute atomic E-state index is 0.319. The van der Waals surface area contributed by atoms with Crippen LogP contribution in [0.2, 0.25) is 0 Å². The third-order valence-corrected chi connectivity index (χ3v) is 3.38. The molecule has 0 saturated heterocycles. The normalized spacial score (nSPS) is 11.1. The second-order valence-corrected chi connectivity index (χ2v) is 5.50. The van der Waals surface area contributed by atoms with E-state index in [0.29, 0.717) is 0 Å². The summed E-state index contributed by atoms with van der Waals surface area (Å²) >= 11 is 0. The van der Waals surface area contributed by atoms with E-state index in [1.807, 2.05) is 13.8 Å². The standard InChI is InChI=1S/C15H22N2/c1-11-7-8-14(13(3)12(11)2)17(6)10-15(4,5)9-16/h7-8H,10H2,1-6H3. The van der Waals surface area contributed by atoms with E-state index in [0.717, 1.165) is 6.54 Å². The number of hydrogen-bond acceptors (Lipinski definition) is 2. The van der Waals surface area contributed by atoms with Gasteiger partial charge < -0.3 is 4.90 Å². The lowest BCUT2D eigenvalue weighted by Crippen LogP contribution is -2.30. The molecule has 0 atom stereocenters. The maximum Gasteiger partial charge on any atom is 0.0702 e. The third kappa shape index (κ3) is 3.00. The quantitative estimate of drug-likeness (QED) is 0.793. The van der Waals surface area contributed by atoms with E-state index in [1.165, 1.54) is 22.4 Å². The van der Waals surface area contributed by atoms with Gasteiger partial charge >= 0.3 is 0 Å². The van der Waals surface area contributed by atoms with Gasteiger partial charge in [-0.15, -0.1) is 0 Å². The zero-order valence-electron chi connectivity index (χ0n) is 11.8. The zero-order chi connectivity index (χ0) is 13.2. The minimum Gasteiger partial charge on any atom is -0.373 e. The molecule has 0 aromatic heterocycles. The average molecular weight is 230 g/mol. The summed E-state index contributed by atoms with van der Waals surface area (Å²) in [6, 6.07) is 6.64. The molecule has 92 valence electrons. The maximum atomic E-state index is 9.08. The van der Waals surface area contributed by atoms with E-state index < -0.39 is 0 Å². The Morgan fingerprint density at radius 1 is 1.18 bits per heavy atom. The highest BCUT2D eigenvalue weighted by molar-refractivity contribution is 5.57. The molecule has 2 nitrogen and oxygen atoms in total. The van der Waals surface area contributed by atoms with Gasteiger partial charge in [0.05, 0.1) is 11.5 Å². The zero-order valence-corrected chi connectivity index (χ0v) is 11.8. The van der Waals surface area contributed by atoms with Gasteiger partial charge in [0.2, 0.25) is 0 Å². The van der Waals surface area contributed by atoms with Gasteiger partial charge in [-0.2, -0.15) is 5.26 Å². The maximum absolute atomic E-state index is 9.08. The Bertz CT molecular complexity index is 453. The molecule has 2 heteroatoms. The molecular weight excluding hydrogens is 208 g/mol. The highest BCUT2D eigenvalue weighted by Crippen LogP contribution is 2.27. The molecule has 17 heavy (non-hydrogen) atoms. The van der Waals surface area contributed by atoms with Crippen molar-refractivity contribution >= 4 is 5.69 Å². The molecule has 0 heterocycles. The second kappa shape index (κ2) is 4.79. The van der Waals surface area contributed by atoms with Crippen molar-refractivity contribution in [1.29, 1.82) is 5.26 Å². The molecule has 1 aromatic carbocycles. The van der Waals surface area contributed by atoms with Crippen molar-refractivity contribution in [2.45, 2.75) is 34.6 Å². The topological polar surface area (TPSA) is 27.0 Å². The molecule has 0 aliphatic carbocycles. The second-order valence-electron chi connectivity index (χ2n) is 5.50. The Balaban J connectivity index is 3.03. The number of hydrogen-bond donors (Lipinski definition) is 0. The van der Waals surface area contributed by atoms with Crippen LogP contribution in [-0.4, -0.2) is 13.6 Å². The van der Waals surface area contributed by atoms with Gasteiger partial charge in [0, 0.05) is 19.3 Å². The first-order valence-corrected chi connectivity index (χ1v) is 5.97. The highest BCUT2D eigenvalue weighted by Gasteiger charge is 2.20. The van der Waals surface area contributed by atoms with Crippen LogP contribution >= 0.6 is 0 Å². The van der Waals surface area contributed by atoms with Crippen molar-refractivity contribution in [2.75, 3.05) is 18.5 Å². The average Bonchev–Trinajstić information content (AvgIpc) is 2.25. The van der Waals surface area contributed by atoms with Crippen LogP contribution in [0, 0.1) is 37.5 Å². The Morgan fingerprint density at radius 2 is 1.76 bits per heavy atom. The summed E-state index contributed by atoms with van der Waals surface area (Å²) in [5.74, 6) is 0. The van der Waals surface area contributed by atoms with Crippen LogP contribution in [0.25, 0.3) is 0 Å². The van der Waals surface area contributed by atoms with Crippen molar-refractivity contribution in [2.24, 2.45) is 5.41 Å². The Labute approximate surface area is 105 Å². The Morgan fingerprint density at radius 3 is 2.29 bits per heavy atom. The number of nitrogens with zero attached hydrogens (tertiary/aromatic N) is 2. The Hall–Kier alpha value is -1.49. The summed E-state index contributed by atoms with van der Waals surface area (Å²) in [6.07, 6.45) is 0. The molecule has 0 spiro atoms. The van der Waals surface area contributed by atoms with Gasteiger partial charge in [0.25, 0.3) is 0 Å². The number of anilines is 1. The smallest absolute Gasteiger partial charge is 0.0702 e. The molecule has 0 unspecified atom stereocenters. The molecule has 0 radical (unpaired) electrons. The Kier molecular flexibility index (Phi) is 3.83. The van der Waals surface area contributed by atoms with E-state index in [4.69, 9.17) is 5.26 Å². The minimum atomic E-state index is -0.319. The van der Waals surface area contributed by atoms with Crippen LogP contribution in [-0.2, 0) is 0 Å². The monoisotopic (exact) mass is 230 g/mol. The number of nitriles is 1. The largest absolute Gasteiger partial charge is 0.373 e. The molecule has 0 aliphatic rings. The van der Waals surface area contributed by atoms with Gasteiger partial charge in [-0.25, -0.2) is 0 Å². The van der Waals surface area contributed by atoms with E-state index >= 15 is 0 Å². The van der Waals surface area contributed by atoms with Crippen LogP contribution in [0.3, 0.4) is 0 Å². The summed E-state index contributed by atoms with van der Waals surface area (Å²) in [6.45, 7) is 11.1. The van der Waals surface area contributed by atoms with Gasteiger partial charge in [0.1, 0.15) is 0 Å². The summed E-state index contributed by atoms with van der Waals surface area (Å²) in [5.41, 5.74) is 4.86. The number of rotatable bonds is 3. The predicted molar refractivity (Wildman–Crippen MR) is 73.3 cm³/mol. The molecule has 1 aromatic rings. The van der Waals surface area contributed by atoms with Crippen molar-refractivity contribution < 1.29 is 0 Å². The SMILES string of the molecule is Cc1ccc(N(C)CC(C)(C)C#N)c(C)c1C. The molecular formula is C15H22N2. The van der Waals surface area contributed by atoms with Crippen molar-refractivity contribution in [3.63, 3.8) is 0 Å². The lowest BCUT2D eigenvalue weighted by Gasteiger charge is -2.28. The highest BCUT2D eigenvalue weighted by atomic mass is 15.1. The van der Waals surface area contributed by atoms with E-state index in [2.05, 4.69) is 50.9 Å². The van der Waals surface area contributed by atoms with Gasteiger partial charge in [-0.1, -0.05) is 6.07 Å². The number of benzene rings is 1. The molecule has 0 N–H and O–H groups in total. The van der Waals surface area contributed by atoms with Gasteiger partial charge in [-0.3, -0.25) is 0 Å². The number of aryl methyl sites for hydroxylation is 1. The van der Waals surface area contributed by atoms with Crippen LogP contribution < -0.4 is 4.90 Å². The first kappa shape index (κ1) is 13.6. The first-order chi connectivity index (χ1) is 7.78. The summed E-state index contributed by atoms with van der Waals surface area (Å²) in [4.78, 5) is 2.17. The van der Waals surface area contributed by atoms with Gasteiger partial charge in [0.15, 0.2) is 0 Å². The van der Waals surface area contributed by atoms with E-state index in [9.17, 15) is 0 Å². The summed E-state index contributed by atoms with van der Waals surface area (Å²) in [5, 5.41) is 9.08. The first-order valence-electron chi connectivity index (χ1n) is 5.97. The van der Waals surface area contributed by atoms with Crippen molar-refractivity contribution in [1.82, 2.24) is 0 Å². The predicted octanol–water partition coefficient (Wildman–Crippen LogP) is 3.60. The van der Waals surface area contributed by atoms with Crippen molar-refractivity contribution in [3.8, 4) is 6.07 Å². The van der Waals surface area contributed by atoms with Crippen LogP contribution in [0.4, 0.5) is 5.69 Å². The van der Waals surface area contributed by atoms with Crippen LogP contribution in [0.5, 0.6) is 0 Å². The molecule has 0 fully saturated rings. The fourth-order valence-electron chi connectivity index (χ4n) is 2.07. The van der Waals surface area contributed by atoms with Crippen LogP contribution in [0.1, 0.15) is 30.5 Å². The molecule has 0 saturated carbocycles. The molecule has 0 bridgehead atoms. The summed E-state index contributed by atoms with van der Waals surface area (Å²) in [7, 11) is 2.05. The van der Waals surface area contributed by atoms with Gasteiger partial charge in [-0.05, 0) is 57.4 Å². The fourth-order valence-corrected chi connectivity index (χ4v) is 2.07. The molecule has 0 aliphatic heterocycles. The lowest BCUT2D eigenvalue weighted by molar-refractivity contribution is 0.497. The fraction of sp³-hybridized carbons (Fsp3) is 0.533. The third-order valence-electron chi connectivity index (χ3n) is 3.38. The van der Waals surface area contributed by atoms with Crippen molar-refractivity contribution in [3.05, 3.63) is 28.8 Å².